The van der Waals surface area contributed by atoms with Gasteiger partial charge < -0.3 is 18.9 Å². The lowest BCUT2D eigenvalue weighted by atomic mass is 9.86. The number of hydrogen-bond acceptors (Lipinski definition) is 5. The fourth-order valence-electron chi connectivity index (χ4n) is 4.32. The van der Waals surface area contributed by atoms with E-state index in [1.54, 1.807) is 48.5 Å². The van der Waals surface area contributed by atoms with Crippen molar-refractivity contribution in [2.75, 3.05) is 0 Å². The van der Waals surface area contributed by atoms with E-state index >= 15 is 0 Å². The Morgan fingerprint density at radius 3 is 1.11 bits per heavy atom. The fraction of sp³-hybridized carbons (Fsp3) is 0.242. The van der Waals surface area contributed by atoms with Crippen molar-refractivity contribution in [2.45, 2.75) is 51.6 Å². The first kappa shape index (κ1) is 32.2. The summed E-state index contributed by atoms with van der Waals surface area (Å²) in [4.78, 5) is 13.2. The Hall–Kier alpha value is -4.67. The molecule has 4 aromatic rings. The number of alkyl halides is 6. The van der Waals surface area contributed by atoms with E-state index in [1.807, 2.05) is 13.8 Å². The SMILES string of the molecule is CC(C(=O)C(C)c1ccc(OCc2ccc(OC(F)(F)F)cc2)cc1)c1ccc(OCc2ccc(OC(F)(F)F)cc2)cc1. The lowest BCUT2D eigenvalue weighted by Gasteiger charge is -2.18. The zero-order valence-electron chi connectivity index (χ0n) is 23.6. The van der Waals surface area contributed by atoms with Crippen LogP contribution in [0.4, 0.5) is 26.3 Å². The Morgan fingerprint density at radius 1 is 0.523 bits per heavy atom. The highest BCUT2D eigenvalue weighted by Crippen LogP contribution is 2.29. The molecule has 0 heterocycles. The first-order valence-corrected chi connectivity index (χ1v) is 13.4. The molecule has 0 aromatic heterocycles. The molecule has 0 saturated carbocycles. The van der Waals surface area contributed by atoms with Gasteiger partial charge in [-0.3, -0.25) is 4.79 Å². The van der Waals surface area contributed by atoms with E-state index in [-0.39, 0.29) is 30.5 Å². The van der Waals surface area contributed by atoms with Crippen molar-refractivity contribution in [1.82, 2.24) is 0 Å². The zero-order chi connectivity index (χ0) is 31.9. The Morgan fingerprint density at radius 2 is 0.818 bits per heavy atom. The summed E-state index contributed by atoms with van der Waals surface area (Å²) in [5.74, 6) is -0.339. The van der Waals surface area contributed by atoms with Crippen molar-refractivity contribution in [2.24, 2.45) is 0 Å². The highest BCUT2D eigenvalue weighted by atomic mass is 19.4. The molecule has 0 aliphatic rings. The van der Waals surface area contributed by atoms with Gasteiger partial charge in [-0.1, -0.05) is 62.4 Å². The molecule has 0 bridgehead atoms. The second-order valence-electron chi connectivity index (χ2n) is 9.94. The Bertz CT molecular complexity index is 1380. The van der Waals surface area contributed by atoms with Gasteiger partial charge in [0.1, 0.15) is 42.0 Å². The molecule has 44 heavy (non-hydrogen) atoms. The first-order valence-electron chi connectivity index (χ1n) is 13.4. The second kappa shape index (κ2) is 13.7. The van der Waals surface area contributed by atoms with Crippen molar-refractivity contribution in [3.63, 3.8) is 0 Å². The van der Waals surface area contributed by atoms with Crippen LogP contribution in [-0.4, -0.2) is 18.5 Å². The maximum absolute atomic E-state index is 13.2. The first-order chi connectivity index (χ1) is 20.8. The molecule has 0 spiro atoms. The minimum absolute atomic E-state index is 0.00895. The lowest BCUT2D eigenvalue weighted by molar-refractivity contribution is -0.275. The Balaban J connectivity index is 1.26. The molecule has 0 aliphatic carbocycles. The molecule has 232 valence electrons. The van der Waals surface area contributed by atoms with Gasteiger partial charge in [0.05, 0.1) is 0 Å². The summed E-state index contributed by atoms with van der Waals surface area (Å²) in [7, 11) is 0. The summed E-state index contributed by atoms with van der Waals surface area (Å²) in [6.07, 6.45) is -9.51. The molecule has 2 unspecified atom stereocenters. The van der Waals surface area contributed by atoms with Crippen LogP contribution >= 0.6 is 0 Å². The van der Waals surface area contributed by atoms with Gasteiger partial charge in [-0.15, -0.1) is 26.3 Å². The monoisotopic (exact) mass is 618 g/mol. The summed E-state index contributed by atoms with van der Waals surface area (Å²) >= 11 is 0. The molecular weight excluding hydrogens is 590 g/mol. The van der Waals surface area contributed by atoms with Gasteiger partial charge in [0.25, 0.3) is 0 Å². The van der Waals surface area contributed by atoms with Crippen molar-refractivity contribution in [1.29, 1.82) is 0 Å². The molecule has 11 heteroatoms. The van der Waals surface area contributed by atoms with Crippen LogP contribution in [0.25, 0.3) is 0 Å². The van der Waals surface area contributed by atoms with Crippen molar-refractivity contribution in [3.05, 3.63) is 119 Å². The molecule has 0 fully saturated rings. The third-order valence-corrected chi connectivity index (χ3v) is 6.74. The summed E-state index contributed by atoms with van der Waals surface area (Å²) in [6, 6.07) is 24.9. The molecule has 0 saturated heterocycles. The van der Waals surface area contributed by atoms with Crippen LogP contribution in [-0.2, 0) is 18.0 Å². The molecule has 5 nitrogen and oxygen atoms in total. The molecule has 0 amide bonds. The van der Waals surface area contributed by atoms with Gasteiger partial charge in [-0.25, -0.2) is 0 Å². The summed E-state index contributed by atoms with van der Waals surface area (Å²) in [5.41, 5.74) is 2.92. The average Bonchev–Trinajstić information content (AvgIpc) is 2.98. The molecule has 4 rings (SSSR count). The van der Waals surface area contributed by atoms with Gasteiger partial charge in [-0.2, -0.15) is 0 Å². The van der Waals surface area contributed by atoms with Gasteiger partial charge in [-0.05, 0) is 70.8 Å². The van der Waals surface area contributed by atoms with E-state index in [9.17, 15) is 31.1 Å². The number of ketones is 1. The van der Waals surface area contributed by atoms with Gasteiger partial charge >= 0.3 is 12.7 Å². The van der Waals surface area contributed by atoms with Crippen molar-refractivity contribution in [3.8, 4) is 23.0 Å². The molecule has 0 N–H and O–H groups in total. The topological polar surface area (TPSA) is 54.0 Å². The van der Waals surface area contributed by atoms with E-state index in [4.69, 9.17) is 9.47 Å². The third kappa shape index (κ3) is 9.68. The number of halogens is 6. The molecule has 0 aliphatic heterocycles. The van der Waals surface area contributed by atoms with E-state index < -0.39 is 24.6 Å². The number of carbonyl (C=O) groups is 1. The highest BCUT2D eigenvalue weighted by molar-refractivity contribution is 5.91. The van der Waals surface area contributed by atoms with Crippen LogP contribution in [0.1, 0.15) is 47.9 Å². The smallest absolute Gasteiger partial charge is 0.489 e. The third-order valence-electron chi connectivity index (χ3n) is 6.74. The number of carbonyl (C=O) groups excluding carboxylic acids is 1. The minimum atomic E-state index is -4.75. The number of ether oxygens (including phenoxy) is 4. The Labute approximate surface area is 249 Å². The highest BCUT2D eigenvalue weighted by Gasteiger charge is 2.31. The zero-order valence-corrected chi connectivity index (χ0v) is 23.6. The standard InChI is InChI=1S/C33H28F6O5/c1-21(25-7-15-27(16-8-25)41-19-23-3-11-29(12-4-23)43-32(34,35)36)31(40)22(2)26-9-17-28(18-10-26)42-20-24-5-13-30(14-6-24)44-33(37,38)39/h3-18,21-22H,19-20H2,1-2H3. The van der Waals surface area contributed by atoms with Crippen LogP contribution in [0.3, 0.4) is 0 Å². The van der Waals surface area contributed by atoms with Crippen LogP contribution in [0, 0.1) is 0 Å². The Kier molecular flexibility index (Phi) is 10.1. The molecule has 4 aromatic carbocycles. The van der Waals surface area contributed by atoms with E-state index in [0.29, 0.717) is 22.6 Å². The fourth-order valence-corrected chi connectivity index (χ4v) is 4.32. The van der Waals surface area contributed by atoms with Crippen LogP contribution in [0.15, 0.2) is 97.1 Å². The molecule has 0 radical (unpaired) electrons. The molecular formula is C33H28F6O5. The van der Waals surface area contributed by atoms with Gasteiger partial charge in [0.15, 0.2) is 0 Å². The van der Waals surface area contributed by atoms with Crippen molar-refractivity contribution < 1.29 is 50.1 Å². The van der Waals surface area contributed by atoms with E-state index in [2.05, 4.69) is 9.47 Å². The van der Waals surface area contributed by atoms with Crippen LogP contribution in [0.5, 0.6) is 23.0 Å². The summed E-state index contributed by atoms with van der Waals surface area (Å²) < 4.78 is 93.0. The van der Waals surface area contributed by atoms with Crippen LogP contribution < -0.4 is 18.9 Å². The van der Waals surface area contributed by atoms with E-state index in [1.165, 1.54) is 48.5 Å². The molecule has 2 atom stereocenters. The predicted octanol–water partition coefficient (Wildman–Crippen LogP) is 9.12. The summed E-state index contributed by atoms with van der Waals surface area (Å²) in [6.45, 7) is 3.92. The number of hydrogen-bond donors (Lipinski definition) is 0. The number of benzene rings is 4. The minimum Gasteiger partial charge on any atom is -0.489 e. The quantitative estimate of drug-likeness (QED) is 0.148. The maximum Gasteiger partial charge on any atom is 0.573 e. The number of Topliss-reactive ketones (excluding diaryl/α,β-unsaturated/α-hetero) is 1. The average molecular weight is 619 g/mol. The lowest BCUT2D eigenvalue weighted by Crippen LogP contribution is -2.17. The summed E-state index contributed by atoms with van der Waals surface area (Å²) in [5, 5.41) is 0. The largest absolute Gasteiger partial charge is 0.573 e. The number of rotatable bonds is 12. The normalized spacial score (nSPS) is 13.1. The predicted molar refractivity (Wildman–Crippen MR) is 150 cm³/mol. The maximum atomic E-state index is 13.2. The van der Waals surface area contributed by atoms with Crippen molar-refractivity contribution >= 4 is 5.78 Å². The van der Waals surface area contributed by atoms with Gasteiger partial charge in [0, 0.05) is 11.8 Å². The van der Waals surface area contributed by atoms with Crippen LogP contribution in [0.2, 0.25) is 0 Å². The van der Waals surface area contributed by atoms with Gasteiger partial charge in [0.2, 0.25) is 0 Å². The second-order valence-corrected chi connectivity index (χ2v) is 9.94. The van der Waals surface area contributed by atoms with E-state index in [0.717, 1.165) is 11.1 Å².